The molecular formula is C25H22F7NO2. The van der Waals surface area contributed by atoms with Gasteiger partial charge in [-0.25, -0.2) is 0 Å². The van der Waals surface area contributed by atoms with Gasteiger partial charge in [-0.05, 0) is 47.4 Å². The first-order valence-corrected chi connectivity index (χ1v) is 10.5. The second-order valence-electron chi connectivity index (χ2n) is 7.88. The van der Waals surface area contributed by atoms with Gasteiger partial charge < -0.3 is 14.7 Å². The summed E-state index contributed by atoms with van der Waals surface area (Å²) in [5, 5.41) is 9.69. The zero-order chi connectivity index (χ0) is 25.6. The molecule has 0 aliphatic rings. The molecule has 3 aromatic rings. The zero-order valence-corrected chi connectivity index (χ0v) is 18.2. The van der Waals surface area contributed by atoms with Crippen molar-refractivity contribution in [3.05, 3.63) is 95.6 Å². The minimum atomic E-state index is -4.88. The first kappa shape index (κ1) is 26.3. The molecule has 0 aromatic heterocycles. The highest BCUT2D eigenvalue weighted by atomic mass is 19.4. The molecule has 0 amide bonds. The predicted octanol–water partition coefficient (Wildman–Crippen LogP) is 6.44. The van der Waals surface area contributed by atoms with Gasteiger partial charge in [-0.2, -0.15) is 30.7 Å². The predicted molar refractivity (Wildman–Crippen MR) is 117 cm³/mol. The number of benzene rings is 3. The molecule has 188 valence electrons. The van der Waals surface area contributed by atoms with Gasteiger partial charge in [-0.15, -0.1) is 0 Å². The quantitative estimate of drug-likeness (QED) is 0.325. The minimum absolute atomic E-state index is 0.218. The molecular weight excluding hydrogens is 479 g/mol. The van der Waals surface area contributed by atoms with Crippen molar-refractivity contribution in [1.29, 1.82) is 0 Å². The Kier molecular flexibility index (Phi) is 8.26. The molecule has 1 N–H and O–H groups in total. The van der Waals surface area contributed by atoms with E-state index in [9.17, 15) is 35.8 Å². The molecule has 0 aliphatic carbocycles. The average Bonchev–Trinajstić information content (AvgIpc) is 2.79. The van der Waals surface area contributed by atoms with E-state index in [0.29, 0.717) is 12.1 Å². The molecule has 0 aliphatic heterocycles. The molecule has 0 spiro atoms. The van der Waals surface area contributed by atoms with Gasteiger partial charge in [-0.1, -0.05) is 54.6 Å². The molecule has 0 saturated heterocycles. The van der Waals surface area contributed by atoms with Crippen molar-refractivity contribution in [2.45, 2.75) is 37.8 Å². The highest BCUT2D eigenvalue weighted by molar-refractivity contribution is 5.50. The fraction of sp³-hybridized carbons (Fsp3) is 0.280. The van der Waals surface area contributed by atoms with Crippen molar-refractivity contribution in [1.82, 2.24) is 0 Å². The number of hydrogen-bond acceptors (Lipinski definition) is 3. The van der Waals surface area contributed by atoms with Crippen LogP contribution in [0.15, 0.2) is 78.9 Å². The van der Waals surface area contributed by atoms with Crippen molar-refractivity contribution in [3.63, 3.8) is 0 Å². The number of hydrogen-bond donors (Lipinski definition) is 1. The molecule has 35 heavy (non-hydrogen) atoms. The van der Waals surface area contributed by atoms with Crippen LogP contribution in [0.1, 0.15) is 16.7 Å². The van der Waals surface area contributed by atoms with Crippen LogP contribution in [0.4, 0.5) is 36.4 Å². The Labute approximate surface area is 197 Å². The van der Waals surface area contributed by atoms with Crippen molar-refractivity contribution in [2.24, 2.45) is 0 Å². The van der Waals surface area contributed by atoms with Crippen LogP contribution in [0.3, 0.4) is 0 Å². The van der Waals surface area contributed by atoms with E-state index in [1.54, 1.807) is 24.3 Å². The van der Waals surface area contributed by atoms with E-state index in [-0.39, 0.29) is 12.1 Å². The number of aliphatic hydroxyl groups is 1. The van der Waals surface area contributed by atoms with Gasteiger partial charge >= 0.3 is 18.7 Å². The van der Waals surface area contributed by atoms with Gasteiger partial charge in [0.05, 0.1) is 6.54 Å². The summed E-state index contributed by atoms with van der Waals surface area (Å²) in [6.45, 7) is -1.07. The van der Waals surface area contributed by atoms with Crippen LogP contribution in [-0.4, -0.2) is 36.5 Å². The molecule has 0 fully saturated rings. The number of nitrogens with zero attached hydrogens (tertiary/aromatic N) is 1. The summed E-state index contributed by atoms with van der Waals surface area (Å²) in [7, 11) is 0. The van der Waals surface area contributed by atoms with Crippen LogP contribution in [0.25, 0.3) is 0 Å². The fourth-order valence-electron chi connectivity index (χ4n) is 3.40. The summed E-state index contributed by atoms with van der Waals surface area (Å²) in [5.41, 5.74) is 2.35. The molecule has 3 aromatic carbocycles. The lowest BCUT2D eigenvalue weighted by atomic mass is 10.0. The molecule has 3 rings (SSSR count). The molecule has 0 radical (unpaired) electrons. The van der Waals surface area contributed by atoms with Crippen molar-refractivity contribution in [3.8, 4) is 5.75 Å². The Morgan fingerprint density at radius 3 is 2.06 bits per heavy atom. The van der Waals surface area contributed by atoms with E-state index >= 15 is 0 Å². The SMILES string of the molecule is OC(CN(Cc1cccc(OC(F)(F)C(F)F)c1)c1cccc(Cc2ccccc2)c1)C(F)(F)F. The maximum absolute atomic E-state index is 13.3. The van der Waals surface area contributed by atoms with Crippen LogP contribution >= 0.6 is 0 Å². The standard InChI is InChI=1S/C25H22F7NO2/c26-23(27)25(31,32)35-21-11-5-9-19(14-21)15-33(16-22(34)24(28,29)30)20-10-4-8-18(13-20)12-17-6-2-1-3-7-17/h1-11,13-14,22-23,34H,12,15-16H2. The molecule has 0 heterocycles. The normalized spacial score (nSPS) is 13.1. The topological polar surface area (TPSA) is 32.7 Å². The third-order valence-corrected chi connectivity index (χ3v) is 5.08. The highest BCUT2D eigenvalue weighted by Crippen LogP contribution is 2.30. The van der Waals surface area contributed by atoms with E-state index < -0.39 is 37.1 Å². The Morgan fingerprint density at radius 2 is 1.40 bits per heavy atom. The van der Waals surface area contributed by atoms with Gasteiger partial charge in [0.15, 0.2) is 6.10 Å². The molecule has 0 saturated carbocycles. The summed E-state index contributed by atoms with van der Waals surface area (Å²) >= 11 is 0. The van der Waals surface area contributed by atoms with Gasteiger partial charge in [-0.3, -0.25) is 0 Å². The largest absolute Gasteiger partial charge is 0.461 e. The monoisotopic (exact) mass is 501 g/mol. The fourth-order valence-corrected chi connectivity index (χ4v) is 3.40. The van der Waals surface area contributed by atoms with E-state index in [4.69, 9.17) is 0 Å². The smallest absolute Gasteiger partial charge is 0.428 e. The van der Waals surface area contributed by atoms with Crippen LogP contribution in [0, 0.1) is 0 Å². The van der Waals surface area contributed by atoms with Crippen LogP contribution in [0.5, 0.6) is 5.75 Å². The summed E-state index contributed by atoms with van der Waals surface area (Å²) < 4.78 is 94.9. The molecule has 1 atom stereocenters. The Hall–Kier alpha value is -3.27. The molecule has 0 bridgehead atoms. The molecule has 10 heteroatoms. The number of halogens is 7. The number of aliphatic hydroxyl groups excluding tert-OH is 1. The molecule has 1 unspecified atom stereocenters. The average molecular weight is 501 g/mol. The minimum Gasteiger partial charge on any atom is -0.428 e. The summed E-state index contributed by atoms with van der Waals surface area (Å²) in [6, 6.07) is 20.8. The second kappa shape index (κ2) is 11.0. The summed E-state index contributed by atoms with van der Waals surface area (Å²) in [5.74, 6) is -0.568. The third-order valence-electron chi connectivity index (χ3n) is 5.08. The number of rotatable bonds is 10. The lowest BCUT2D eigenvalue weighted by molar-refractivity contribution is -0.253. The van der Waals surface area contributed by atoms with Gasteiger partial charge in [0.25, 0.3) is 0 Å². The second-order valence-corrected chi connectivity index (χ2v) is 7.88. The first-order chi connectivity index (χ1) is 16.4. The van der Waals surface area contributed by atoms with Crippen molar-refractivity contribution < 1.29 is 40.6 Å². The first-order valence-electron chi connectivity index (χ1n) is 10.5. The van der Waals surface area contributed by atoms with Gasteiger partial charge in [0.1, 0.15) is 5.75 Å². The van der Waals surface area contributed by atoms with Gasteiger partial charge in [0.2, 0.25) is 0 Å². The maximum atomic E-state index is 13.3. The third kappa shape index (κ3) is 7.61. The van der Waals surface area contributed by atoms with E-state index in [0.717, 1.165) is 23.3 Å². The van der Waals surface area contributed by atoms with Crippen molar-refractivity contribution >= 4 is 5.69 Å². The van der Waals surface area contributed by atoms with E-state index in [1.165, 1.54) is 17.0 Å². The lowest BCUT2D eigenvalue weighted by Gasteiger charge is -2.29. The van der Waals surface area contributed by atoms with E-state index in [1.807, 2.05) is 30.3 Å². The van der Waals surface area contributed by atoms with Gasteiger partial charge in [0, 0.05) is 12.2 Å². The number of anilines is 1. The lowest BCUT2D eigenvalue weighted by Crippen LogP contribution is -2.41. The summed E-state index contributed by atoms with van der Waals surface area (Å²) in [6.07, 6.45) is -15.8. The van der Waals surface area contributed by atoms with Crippen LogP contribution in [0.2, 0.25) is 0 Å². The van der Waals surface area contributed by atoms with Crippen LogP contribution in [-0.2, 0) is 13.0 Å². The number of ether oxygens (including phenoxy) is 1. The highest BCUT2D eigenvalue weighted by Gasteiger charge is 2.44. The maximum Gasteiger partial charge on any atom is 0.461 e. The van der Waals surface area contributed by atoms with Crippen LogP contribution < -0.4 is 9.64 Å². The Balaban J connectivity index is 1.87. The Bertz CT molecular complexity index is 1090. The summed E-state index contributed by atoms with van der Waals surface area (Å²) in [4.78, 5) is 1.23. The molecule has 3 nitrogen and oxygen atoms in total. The van der Waals surface area contributed by atoms with E-state index in [2.05, 4.69) is 4.74 Å². The number of alkyl halides is 7. The zero-order valence-electron chi connectivity index (χ0n) is 18.2. The Morgan fingerprint density at radius 1 is 0.771 bits per heavy atom. The van der Waals surface area contributed by atoms with Crippen molar-refractivity contribution in [2.75, 3.05) is 11.4 Å².